The van der Waals surface area contributed by atoms with Crippen LogP contribution < -0.4 is 0 Å². The second kappa shape index (κ2) is 6.40. The average Bonchev–Trinajstić information content (AvgIpc) is 2.93. The van der Waals surface area contributed by atoms with E-state index in [2.05, 4.69) is 10.1 Å². The van der Waals surface area contributed by atoms with Crippen LogP contribution >= 0.6 is 0 Å². The second-order valence-corrected chi connectivity index (χ2v) is 5.69. The third kappa shape index (κ3) is 3.13. The molecule has 1 N–H and O–H groups in total. The second-order valence-electron chi connectivity index (χ2n) is 5.69. The van der Waals surface area contributed by atoms with E-state index in [0.717, 1.165) is 11.4 Å². The molecule has 2 aromatic rings. The molecule has 0 aliphatic carbocycles. The largest absolute Gasteiger partial charge is 0.479 e. The van der Waals surface area contributed by atoms with E-state index in [9.17, 15) is 9.59 Å². The molecule has 1 saturated heterocycles. The fourth-order valence-electron chi connectivity index (χ4n) is 2.66. The highest BCUT2D eigenvalue weighted by molar-refractivity contribution is 5.94. The zero-order chi connectivity index (χ0) is 17.3. The molecular formula is C16H18N4O4. The van der Waals surface area contributed by atoms with E-state index in [4.69, 9.17) is 9.84 Å². The molecular weight excluding hydrogens is 312 g/mol. The number of pyridine rings is 1. The van der Waals surface area contributed by atoms with E-state index < -0.39 is 12.1 Å². The molecule has 1 fully saturated rings. The van der Waals surface area contributed by atoms with Crippen molar-refractivity contribution in [1.82, 2.24) is 19.7 Å². The summed E-state index contributed by atoms with van der Waals surface area (Å²) in [5.41, 5.74) is 2.25. The average molecular weight is 330 g/mol. The van der Waals surface area contributed by atoms with Crippen molar-refractivity contribution >= 4 is 11.9 Å². The lowest BCUT2D eigenvalue weighted by atomic mass is 10.2. The van der Waals surface area contributed by atoms with Crippen LogP contribution in [0.5, 0.6) is 0 Å². The van der Waals surface area contributed by atoms with Gasteiger partial charge in [0.05, 0.1) is 24.4 Å². The lowest BCUT2D eigenvalue weighted by Crippen LogP contribution is -2.48. The van der Waals surface area contributed by atoms with Crippen LogP contribution in [-0.4, -0.2) is 62.4 Å². The first kappa shape index (κ1) is 16.1. The third-order valence-corrected chi connectivity index (χ3v) is 3.85. The summed E-state index contributed by atoms with van der Waals surface area (Å²) in [6.45, 7) is 4.44. The maximum atomic E-state index is 12.5. The fourth-order valence-corrected chi connectivity index (χ4v) is 2.66. The van der Waals surface area contributed by atoms with Gasteiger partial charge in [-0.2, -0.15) is 5.10 Å². The van der Waals surface area contributed by atoms with E-state index in [1.54, 1.807) is 16.8 Å². The summed E-state index contributed by atoms with van der Waals surface area (Å²) in [6.07, 6.45) is 0.504. The number of carboxylic acid groups (broad SMARTS) is 1. The number of morpholine rings is 1. The number of amides is 1. The Labute approximate surface area is 138 Å². The SMILES string of the molecule is Cc1cc(C)n(-c2ccc(C(=O)N3CCOC(C(=O)O)C3)cn2)n1. The summed E-state index contributed by atoms with van der Waals surface area (Å²) >= 11 is 0. The van der Waals surface area contributed by atoms with Crippen LogP contribution in [0.1, 0.15) is 21.7 Å². The molecule has 24 heavy (non-hydrogen) atoms. The minimum absolute atomic E-state index is 0.0351. The van der Waals surface area contributed by atoms with Crippen molar-refractivity contribution in [2.75, 3.05) is 19.7 Å². The number of carboxylic acids is 1. The molecule has 8 nitrogen and oxygen atoms in total. The molecule has 3 rings (SSSR count). The van der Waals surface area contributed by atoms with Gasteiger partial charge in [0, 0.05) is 18.4 Å². The topological polar surface area (TPSA) is 97.5 Å². The molecule has 1 unspecified atom stereocenters. The van der Waals surface area contributed by atoms with E-state index in [1.807, 2.05) is 19.9 Å². The van der Waals surface area contributed by atoms with Gasteiger partial charge in [0.1, 0.15) is 0 Å². The minimum Gasteiger partial charge on any atom is -0.479 e. The first-order valence-electron chi connectivity index (χ1n) is 7.59. The van der Waals surface area contributed by atoms with Gasteiger partial charge in [-0.25, -0.2) is 14.5 Å². The number of hydrogen-bond donors (Lipinski definition) is 1. The van der Waals surface area contributed by atoms with Gasteiger partial charge in [-0.1, -0.05) is 0 Å². The van der Waals surface area contributed by atoms with Crippen molar-refractivity contribution in [1.29, 1.82) is 0 Å². The molecule has 0 spiro atoms. The summed E-state index contributed by atoms with van der Waals surface area (Å²) in [6, 6.07) is 5.34. The van der Waals surface area contributed by atoms with Gasteiger partial charge in [-0.15, -0.1) is 0 Å². The number of carbonyl (C=O) groups excluding carboxylic acids is 1. The molecule has 126 valence electrons. The molecule has 2 aromatic heterocycles. The van der Waals surface area contributed by atoms with Crippen molar-refractivity contribution in [2.45, 2.75) is 20.0 Å². The lowest BCUT2D eigenvalue weighted by molar-refractivity contribution is -0.154. The molecule has 8 heteroatoms. The standard InChI is InChI=1S/C16H18N4O4/c1-10-7-11(2)20(18-10)14-4-3-12(8-17-14)15(21)19-5-6-24-13(9-19)16(22)23/h3-4,7-8,13H,5-6,9H2,1-2H3,(H,22,23). The first-order valence-corrected chi connectivity index (χ1v) is 7.59. The molecule has 1 aliphatic rings. The number of carbonyl (C=O) groups is 2. The number of aryl methyl sites for hydroxylation is 2. The Morgan fingerprint density at radius 2 is 2.12 bits per heavy atom. The maximum Gasteiger partial charge on any atom is 0.334 e. The Balaban J connectivity index is 1.76. The fraction of sp³-hybridized carbons (Fsp3) is 0.375. The highest BCUT2D eigenvalue weighted by Crippen LogP contribution is 2.13. The van der Waals surface area contributed by atoms with Gasteiger partial charge in [-0.05, 0) is 32.0 Å². The monoisotopic (exact) mass is 330 g/mol. The molecule has 0 bridgehead atoms. The predicted octanol–water partition coefficient (Wildman–Crippen LogP) is 0.810. The van der Waals surface area contributed by atoms with Crippen LogP contribution in [0.3, 0.4) is 0 Å². The Kier molecular flexibility index (Phi) is 4.30. The van der Waals surface area contributed by atoms with E-state index in [-0.39, 0.29) is 19.1 Å². The summed E-state index contributed by atoms with van der Waals surface area (Å²) < 4.78 is 6.83. The number of hydrogen-bond acceptors (Lipinski definition) is 5. The highest BCUT2D eigenvalue weighted by atomic mass is 16.5. The Hall–Kier alpha value is -2.74. The minimum atomic E-state index is -1.06. The predicted molar refractivity (Wildman–Crippen MR) is 84.1 cm³/mol. The quantitative estimate of drug-likeness (QED) is 0.894. The maximum absolute atomic E-state index is 12.5. The Morgan fingerprint density at radius 3 is 2.71 bits per heavy atom. The molecule has 0 radical (unpaired) electrons. The number of ether oxygens (including phenoxy) is 1. The normalized spacial score (nSPS) is 17.8. The smallest absolute Gasteiger partial charge is 0.334 e. The van der Waals surface area contributed by atoms with Crippen LogP contribution in [0, 0.1) is 13.8 Å². The Bertz CT molecular complexity index is 769. The van der Waals surface area contributed by atoms with Gasteiger partial charge in [0.2, 0.25) is 0 Å². The zero-order valence-electron chi connectivity index (χ0n) is 13.5. The van der Waals surface area contributed by atoms with Gasteiger partial charge in [0.25, 0.3) is 5.91 Å². The molecule has 3 heterocycles. The van der Waals surface area contributed by atoms with Crippen LogP contribution in [0.15, 0.2) is 24.4 Å². The number of aromatic nitrogens is 3. The van der Waals surface area contributed by atoms with Gasteiger partial charge < -0.3 is 14.7 Å². The van der Waals surface area contributed by atoms with Crippen LogP contribution in [0.2, 0.25) is 0 Å². The third-order valence-electron chi connectivity index (χ3n) is 3.85. The number of aliphatic carboxylic acids is 1. The highest BCUT2D eigenvalue weighted by Gasteiger charge is 2.29. The van der Waals surface area contributed by atoms with E-state index in [0.29, 0.717) is 17.9 Å². The first-order chi connectivity index (χ1) is 11.5. The van der Waals surface area contributed by atoms with Crippen molar-refractivity contribution in [2.24, 2.45) is 0 Å². The van der Waals surface area contributed by atoms with Crippen LogP contribution in [0.4, 0.5) is 0 Å². The van der Waals surface area contributed by atoms with Gasteiger partial charge in [-0.3, -0.25) is 4.79 Å². The zero-order valence-corrected chi connectivity index (χ0v) is 13.5. The van der Waals surface area contributed by atoms with Crippen molar-refractivity contribution in [3.63, 3.8) is 0 Å². The number of nitrogens with zero attached hydrogens (tertiary/aromatic N) is 4. The van der Waals surface area contributed by atoms with Crippen molar-refractivity contribution in [3.05, 3.63) is 41.3 Å². The molecule has 1 aliphatic heterocycles. The molecule has 0 aromatic carbocycles. The summed E-state index contributed by atoms with van der Waals surface area (Å²) in [5, 5.41) is 13.4. The Morgan fingerprint density at radius 1 is 1.33 bits per heavy atom. The van der Waals surface area contributed by atoms with Crippen molar-refractivity contribution in [3.8, 4) is 5.82 Å². The van der Waals surface area contributed by atoms with Gasteiger partial charge in [0.15, 0.2) is 11.9 Å². The molecule has 1 amide bonds. The summed E-state index contributed by atoms with van der Waals surface area (Å²) in [7, 11) is 0. The van der Waals surface area contributed by atoms with Crippen LogP contribution in [-0.2, 0) is 9.53 Å². The van der Waals surface area contributed by atoms with Crippen molar-refractivity contribution < 1.29 is 19.4 Å². The van der Waals surface area contributed by atoms with Gasteiger partial charge >= 0.3 is 5.97 Å². The molecule has 1 atom stereocenters. The molecule has 0 saturated carbocycles. The lowest BCUT2D eigenvalue weighted by Gasteiger charge is -2.30. The van der Waals surface area contributed by atoms with Crippen LogP contribution in [0.25, 0.3) is 5.82 Å². The number of rotatable bonds is 3. The van der Waals surface area contributed by atoms with E-state index in [1.165, 1.54) is 11.1 Å². The van der Waals surface area contributed by atoms with E-state index >= 15 is 0 Å². The summed E-state index contributed by atoms with van der Waals surface area (Å²) in [4.78, 5) is 29.3. The summed E-state index contributed by atoms with van der Waals surface area (Å²) in [5.74, 6) is -0.690.